The molecule has 1 N–H and O–H groups in total. The molecule has 2 heterocycles. The molecule has 0 radical (unpaired) electrons. The van der Waals surface area contributed by atoms with Gasteiger partial charge < -0.3 is 5.32 Å². The molecule has 3 aromatic rings. The van der Waals surface area contributed by atoms with Crippen molar-refractivity contribution < 1.29 is 0 Å². The molecule has 0 bridgehead atoms. The molecule has 0 amide bonds. The summed E-state index contributed by atoms with van der Waals surface area (Å²) in [7, 11) is 0. The fourth-order valence-electron chi connectivity index (χ4n) is 2.07. The van der Waals surface area contributed by atoms with Crippen LogP contribution < -0.4 is 5.32 Å². The molecule has 0 aliphatic heterocycles. The van der Waals surface area contributed by atoms with Crippen LogP contribution in [0.2, 0.25) is 0 Å². The Balaban J connectivity index is 1.87. The molecule has 0 aliphatic carbocycles. The zero-order valence-corrected chi connectivity index (χ0v) is 12.9. The minimum Gasteiger partial charge on any atom is -0.308 e. The number of benzene rings is 1. The first-order chi connectivity index (χ1) is 10.3. The average Bonchev–Trinajstić information content (AvgIpc) is 3.02. The van der Waals surface area contributed by atoms with E-state index in [9.17, 15) is 0 Å². The Morgan fingerprint density at radius 1 is 1.14 bits per heavy atom. The molecule has 0 saturated carbocycles. The minimum atomic E-state index is 0.233. The van der Waals surface area contributed by atoms with Crippen LogP contribution in [0.4, 0.5) is 0 Å². The Morgan fingerprint density at radius 2 is 1.95 bits per heavy atom. The molecule has 1 aromatic carbocycles. The lowest BCUT2D eigenvalue weighted by Gasteiger charge is -2.08. The molecule has 21 heavy (non-hydrogen) atoms. The molecule has 0 fully saturated rings. The van der Waals surface area contributed by atoms with Gasteiger partial charge in [0, 0.05) is 18.0 Å². The summed E-state index contributed by atoms with van der Waals surface area (Å²) in [6.45, 7) is 5.26. The molecule has 0 spiro atoms. The molecule has 1 atom stereocenters. The summed E-state index contributed by atoms with van der Waals surface area (Å²) < 4.78 is 0. The van der Waals surface area contributed by atoms with Crippen molar-refractivity contribution in [3.63, 3.8) is 0 Å². The number of hydrogen-bond acceptors (Lipinski definition) is 6. The molecule has 5 nitrogen and oxygen atoms in total. The van der Waals surface area contributed by atoms with Crippen molar-refractivity contribution in [3.8, 4) is 10.6 Å². The van der Waals surface area contributed by atoms with Gasteiger partial charge in [-0.2, -0.15) is 0 Å². The molecule has 1 unspecified atom stereocenters. The summed E-state index contributed by atoms with van der Waals surface area (Å²) in [6.07, 6.45) is 4.51. The Morgan fingerprint density at radius 3 is 2.76 bits per heavy atom. The third-order valence-electron chi connectivity index (χ3n) is 3.23. The van der Waals surface area contributed by atoms with E-state index in [0.29, 0.717) is 0 Å². The molecule has 2 aromatic heterocycles. The van der Waals surface area contributed by atoms with E-state index in [4.69, 9.17) is 0 Å². The van der Waals surface area contributed by atoms with Crippen LogP contribution in [0, 0.1) is 0 Å². The zero-order chi connectivity index (χ0) is 14.7. The van der Waals surface area contributed by atoms with Gasteiger partial charge in [0.2, 0.25) is 0 Å². The topological polar surface area (TPSA) is 63.6 Å². The van der Waals surface area contributed by atoms with Crippen molar-refractivity contribution >= 4 is 22.4 Å². The monoisotopic (exact) mass is 299 g/mol. The number of fused-ring (bicyclic) bond motifs is 1. The van der Waals surface area contributed by atoms with Crippen LogP contribution in [0.25, 0.3) is 21.6 Å². The summed E-state index contributed by atoms with van der Waals surface area (Å²) in [6, 6.07) is 6.23. The van der Waals surface area contributed by atoms with Crippen molar-refractivity contribution in [2.75, 3.05) is 6.54 Å². The van der Waals surface area contributed by atoms with Crippen molar-refractivity contribution in [1.29, 1.82) is 0 Å². The molecule has 6 heteroatoms. The Hall–Kier alpha value is -1.92. The van der Waals surface area contributed by atoms with Gasteiger partial charge in [-0.05, 0) is 38.1 Å². The van der Waals surface area contributed by atoms with Crippen LogP contribution in [0.5, 0.6) is 0 Å². The number of rotatable bonds is 5. The normalized spacial score (nSPS) is 12.7. The molecule has 0 saturated heterocycles. The second kappa shape index (κ2) is 6.24. The highest BCUT2D eigenvalue weighted by Gasteiger charge is 2.12. The molecular formula is C15H17N5S. The van der Waals surface area contributed by atoms with Gasteiger partial charge in [0.1, 0.15) is 10.0 Å². The van der Waals surface area contributed by atoms with Crippen LogP contribution in [-0.2, 0) is 0 Å². The summed E-state index contributed by atoms with van der Waals surface area (Å²) in [5.74, 6) is 0. The van der Waals surface area contributed by atoms with Crippen LogP contribution in [-0.4, -0.2) is 26.7 Å². The zero-order valence-electron chi connectivity index (χ0n) is 12.1. The van der Waals surface area contributed by atoms with Gasteiger partial charge >= 0.3 is 0 Å². The standard InChI is InChI=1S/C15H17N5S/c1-3-6-16-10(2)14-19-20-15(21-14)11-4-5-12-13(9-11)18-8-7-17-12/h4-5,7-10,16H,3,6H2,1-2H3. The minimum absolute atomic E-state index is 0.233. The van der Waals surface area contributed by atoms with Crippen LogP contribution in [0.15, 0.2) is 30.6 Å². The quantitative estimate of drug-likeness (QED) is 0.783. The van der Waals surface area contributed by atoms with E-state index in [1.54, 1.807) is 23.7 Å². The highest BCUT2D eigenvalue weighted by Crippen LogP contribution is 2.28. The van der Waals surface area contributed by atoms with E-state index in [2.05, 4.69) is 39.3 Å². The first-order valence-corrected chi connectivity index (χ1v) is 7.87. The van der Waals surface area contributed by atoms with Crippen molar-refractivity contribution in [2.45, 2.75) is 26.3 Å². The second-order valence-corrected chi connectivity index (χ2v) is 5.89. The van der Waals surface area contributed by atoms with E-state index in [1.165, 1.54) is 0 Å². The third kappa shape index (κ3) is 3.06. The Kier molecular flexibility index (Phi) is 4.17. The highest BCUT2D eigenvalue weighted by atomic mass is 32.1. The van der Waals surface area contributed by atoms with Gasteiger partial charge in [0.15, 0.2) is 0 Å². The lowest BCUT2D eigenvalue weighted by molar-refractivity contribution is 0.564. The van der Waals surface area contributed by atoms with E-state index in [1.807, 2.05) is 18.2 Å². The fourth-order valence-corrected chi connectivity index (χ4v) is 2.94. The third-order valence-corrected chi connectivity index (χ3v) is 4.38. The van der Waals surface area contributed by atoms with Gasteiger partial charge in [0.25, 0.3) is 0 Å². The fraction of sp³-hybridized carbons (Fsp3) is 0.333. The van der Waals surface area contributed by atoms with Crippen molar-refractivity contribution in [3.05, 3.63) is 35.6 Å². The van der Waals surface area contributed by atoms with E-state index < -0.39 is 0 Å². The predicted molar refractivity (Wildman–Crippen MR) is 85.1 cm³/mol. The Labute approximate surface area is 127 Å². The predicted octanol–water partition coefficient (Wildman–Crippen LogP) is 3.21. The van der Waals surface area contributed by atoms with Gasteiger partial charge in [-0.1, -0.05) is 18.3 Å². The van der Waals surface area contributed by atoms with Crippen molar-refractivity contribution in [2.24, 2.45) is 0 Å². The first kappa shape index (κ1) is 14.0. The van der Waals surface area contributed by atoms with E-state index in [0.717, 1.165) is 39.6 Å². The van der Waals surface area contributed by atoms with Crippen LogP contribution >= 0.6 is 11.3 Å². The molecular weight excluding hydrogens is 282 g/mol. The smallest absolute Gasteiger partial charge is 0.147 e. The molecule has 108 valence electrons. The average molecular weight is 299 g/mol. The summed E-state index contributed by atoms with van der Waals surface area (Å²) in [5.41, 5.74) is 2.81. The number of hydrogen-bond donors (Lipinski definition) is 1. The summed E-state index contributed by atoms with van der Waals surface area (Å²) >= 11 is 1.62. The maximum Gasteiger partial charge on any atom is 0.147 e. The van der Waals surface area contributed by atoms with Gasteiger partial charge in [0.05, 0.1) is 17.1 Å². The summed E-state index contributed by atoms with van der Waals surface area (Å²) in [4.78, 5) is 8.61. The van der Waals surface area contributed by atoms with Gasteiger partial charge in [-0.25, -0.2) is 0 Å². The lowest BCUT2D eigenvalue weighted by Crippen LogP contribution is -2.18. The highest BCUT2D eigenvalue weighted by molar-refractivity contribution is 7.14. The molecule has 3 rings (SSSR count). The first-order valence-electron chi connectivity index (χ1n) is 7.06. The maximum absolute atomic E-state index is 4.33. The molecule has 0 aliphatic rings. The van der Waals surface area contributed by atoms with Gasteiger partial charge in [-0.15, -0.1) is 10.2 Å². The lowest BCUT2D eigenvalue weighted by atomic mass is 10.2. The number of nitrogens with one attached hydrogen (secondary N) is 1. The van der Waals surface area contributed by atoms with E-state index in [-0.39, 0.29) is 6.04 Å². The number of nitrogens with zero attached hydrogens (tertiary/aromatic N) is 4. The summed E-state index contributed by atoms with van der Waals surface area (Å²) in [5, 5.41) is 14.0. The second-order valence-electron chi connectivity index (χ2n) is 4.88. The number of aromatic nitrogens is 4. The van der Waals surface area contributed by atoms with Crippen molar-refractivity contribution in [1.82, 2.24) is 25.5 Å². The van der Waals surface area contributed by atoms with Gasteiger partial charge in [-0.3, -0.25) is 9.97 Å². The Bertz CT molecular complexity index is 740. The maximum atomic E-state index is 4.33. The SMILES string of the molecule is CCCNC(C)c1nnc(-c2ccc3nccnc3c2)s1. The largest absolute Gasteiger partial charge is 0.308 e. The van der Waals surface area contributed by atoms with Crippen LogP contribution in [0.3, 0.4) is 0 Å². The van der Waals surface area contributed by atoms with E-state index >= 15 is 0 Å². The van der Waals surface area contributed by atoms with Crippen LogP contribution in [0.1, 0.15) is 31.3 Å².